The van der Waals surface area contributed by atoms with Gasteiger partial charge in [-0.05, 0) is 6.08 Å². The summed E-state index contributed by atoms with van der Waals surface area (Å²) in [6, 6.07) is 0. The number of rotatable bonds is 5. The van der Waals surface area contributed by atoms with E-state index in [1.165, 1.54) is 13.2 Å². The Bertz CT molecular complexity index is 639. The van der Waals surface area contributed by atoms with Gasteiger partial charge in [0, 0.05) is 12.8 Å². The first kappa shape index (κ1) is 20.0. The van der Waals surface area contributed by atoms with E-state index in [-0.39, 0.29) is 6.61 Å². The summed E-state index contributed by atoms with van der Waals surface area (Å²) in [5, 5.41) is 49.8. The summed E-state index contributed by atoms with van der Waals surface area (Å²) in [7, 11) is 0. The van der Waals surface area contributed by atoms with Crippen LogP contribution in [0.3, 0.4) is 0 Å². The van der Waals surface area contributed by atoms with Crippen molar-refractivity contribution in [1.29, 1.82) is 0 Å². The van der Waals surface area contributed by atoms with Crippen molar-refractivity contribution in [3.05, 3.63) is 12.3 Å². The van der Waals surface area contributed by atoms with Crippen LogP contribution in [-0.4, -0.2) is 99.5 Å². The van der Waals surface area contributed by atoms with Crippen molar-refractivity contribution < 1.29 is 54.0 Å². The number of carbonyl (C=O) groups excluding carboxylic acids is 1. The summed E-state index contributed by atoms with van der Waals surface area (Å²) < 4.78 is 27.4. The molecule has 3 aliphatic heterocycles. The molecule has 28 heavy (non-hydrogen) atoms. The Labute approximate surface area is 160 Å². The van der Waals surface area contributed by atoms with Gasteiger partial charge in [-0.25, -0.2) is 0 Å². The highest BCUT2D eigenvalue weighted by Crippen LogP contribution is 2.60. The summed E-state index contributed by atoms with van der Waals surface area (Å²) in [6.45, 7) is 0.565. The third-order valence-corrected chi connectivity index (χ3v) is 5.88. The van der Waals surface area contributed by atoms with E-state index in [4.69, 9.17) is 23.7 Å². The van der Waals surface area contributed by atoms with Crippen molar-refractivity contribution in [3.63, 3.8) is 0 Å². The molecule has 4 rings (SSSR count). The van der Waals surface area contributed by atoms with E-state index in [9.17, 15) is 30.3 Å². The van der Waals surface area contributed by atoms with Crippen LogP contribution >= 0.6 is 0 Å². The molecule has 0 amide bonds. The number of hydrogen-bond donors (Lipinski definition) is 5. The number of epoxide rings is 1. The zero-order valence-corrected chi connectivity index (χ0v) is 15.0. The number of esters is 1. The highest BCUT2D eigenvalue weighted by Gasteiger charge is 2.76. The smallest absolute Gasteiger partial charge is 0.302 e. The quantitative estimate of drug-likeness (QED) is 0.234. The molecule has 0 aromatic heterocycles. The first-order valence-electron chi connectivity index (χ1n) is 9.07. The van der Waals surface area contributed by atoms with Crippen LogP contribution in [-0.2, 0) is 28.5 Å². The number of ether oxygens (including phenoxy) is 5. The number of carbonyl (C=O) groups is 1. The van der Waals surface area contributed by atoms with Crippen molar-refractivity contribution in [2.45, 2.75) is 61.7 Å². The van der Waals surface area contributed by atoms with Crippen molar-refractivity contribution in [1.82, 2.24) is 0 Å². The Morgan fingerprint density at radius 3 is 2.54 bits per heavy atom. The second-order valence-corrected chi connectivity index (χ2v) is 7.53. The van der Waals surface area contributed by atoms with Crippen LogP contribution in [0, 0.1) is 11.8 Å². The van der Waals surface area contributed by atoms with Crippen molar-refractivity contribution in [2.75, 3.05) is 13.2 Å². The minimum atomic E-state index is -1.60. The lowest BCUT2D eigenvalue weighted by Crippen LogP contribution is -2.60. The summed E-state index contributed by atoms with van der Waals surface area (Å²) in [4.78, 5) is 11.2. The molecule has 1 aliphatic carbocycles. The second kappa shape index (κ2) is 7.18. The van der Waals surface area contributed by atoms with E-state index in [0.717, 1.165) is 0 Å². The van der Waals surface area contributed by atoms with E-state index in [1.54, 1.807) is 6.08 Å². The lowest BCUT2D eigenvalue weighted by molar-refractivity contribution is -0.344. The lowest BCUT2D eigenvalue weighted by Gasteiger charge is -2.43. The van der Waals surface area contributed by atoms with E-state index in [2.05, 4.69) is 0 Å². The van der Waals surface area contributed by atoms with Crippen LogP contribution in [0.4, 0.5) is 0 Å². The number of hydrogen-bond acceptors (Lipinski definition) is 11. The van der Waals surface area contributed by atoms with Crippen LogP contribution in [0.15, 0.2) is 12.3 Å². The molecule has 0 aromatic carbocycles. The predicted molar refractivity (Wildman–Crippen MR) is 86.1 cm³/mol. The minimum absolute atomic E-state index is 0.100. The molecule has 0 aromatic rings. The summed E-state index contributed by atoms with van der Waals surface area (Å²) in [5.41, 5.74) is -1.00. The SMILES string of the molecule is CC(=O)OC[C@@]12O[C@@H]1[C@@H](O)[C@@H]1C=CO[C@@H](O[C@@H]3O[C@H](CO)[C@H](O)[C@@H](O)[C@H]3O)[C@@H]12. The zero-order valence-electron chi connectivity index (χ0n) is 15.0. The number of aliphatic hydroxyl groups excluding tert-OH is 5. The molecule has 11 atom stereocenters. The molecule has 11 heteroatoms. The average molecular weight is 404 g/mol. The minimum Gasteiger partial charge on any atom is -0.472 e. The van der Waals surface area contributed by atoms with Gasteiger partial charge >= 0.3 is 5.97 Å². The van der Waals surface area contributed by atoms with Crippen molar-refractivity contribution in [3.8, 4) is 0 Å². The third kappa shape index (κ3) is 3.02. The molecular formula is C17H24O11. The standard InChI is InChI=1S/C17H24O11/c1-6(19)25-5-17-9-7(10(20)14(17)28-17)2-3-24-15(9)27-16-13(23)12(22)11(21)8(4-18)26-16/h2-3,7-16,18,20-23H,4-5H2,1H3/t7-,8-,9-,10+,11+,12-,13-,14-,15+,16+,17+/m1/s1. The predicted octanol–water partition coefficient (Wildman–Crippen LogP) is -3.02. The van der Waals surface area contributed by atoms with Gasteiger partial charge < -0.3 is 49.2 Å². The molecule has 0 unspecified atom stereocenters. The van der Waals surface area contributed by atoms with Gasteiger partial charge in [0.05, 0.1) is 24.9 Å². The van der Waals surface area contributed by atoms with E-state index in [1.807, 2.05) is 0 Å². The topological polar surface area (TPSA) is 168 Å². The Kier molecular flexibility index (Phi) is 5.13. The fraction of sp³-hybridized carbons (Fsp3) is 0.824. The molecule has 5 N–H and O–H groups in total. The maximum absolute atomic E-state index is 11.2. The van der Waals surface area contributed by atoms with Crippen molar-refractivity contribution >= 4 is 5.97 Å². The molecule has 158 valence electrons. The molecule has 0 spiro atoms. The summed E-state index contributed by atoms with van der Waals surface area (Å²) >= 11 is 0. The van der Waals surface area contributed by atoms with Gasteiger partial charge in [-0.2, -0.15) is 0 Å². The number of fused-ring (bicyclic) bond motifs is 3. The monoisotopic (exact) mass is 404 g/mol. The van der Waals surface area contributed by atoms with Gasteiger partial charge in [-0.15, -0.1) is 0 Å². The Balaban J connectivity index is 1.53. The average Bonchev–Trinajstić information content (AvgIpc) is 3.36. The van der Waals surface area contributed by atoms with Gasteiger partial charge in [0.15, 0.2) is 6.29 Å². The molecular weight excluding hydrogens is 380 g/mol. The lowest BCUT2D eigenvalue weighted by atomic mass is 9.85. The second-order valence-electron chi connectivity index (χ2n) is 7.53. The fourth-order valence-corrected chi connectivity index (χ4v) is 4.37. The van der Waals surface area contributed by atoms with Crippen LogP contribution in [0.5, 0.6) is 0 Å². The van der Waals surface area contributed by atoms with Crippen LogP contribution in [0.1, 0.15) is 6.92 Å². The Morgan fingerprint density at radius 2 is 1.86 bits per heavy atom. The van der Waals surface area contributed by atoms with Gasteiger partial charge in [0.25, 0.3) is 0 Å². The van der Waals surface area contributed by atoms with Crippen molar-refractivity contribution in [2.24, 2.45) is 11.8 Å². The first-order chi connectivity index (χ1) is 13.3. The largest absolute Gasteiger partial charge is 0.472 e. The van der Waals surface area contributed by atoms with Gasteiger partial charge in [-0.3, -0.25) is 4.79 Å². The highest BCUT2D eigenvalue weighted by atomic mass is 16.8. The third-order valence-electron chi connectivity index (χ3n) is 5.88. The maximum Gasteiger partial charge on any atom is 0.302 e. The molecule has 2 saturated heterocycles. The normalized spacial score (nSPS) is 51.8. The van der Waals surface area contributed by atoms with Crippen LogP contribution in [0.25, 0.3) is 0 Å². The van der Waals surface area contributed by atoms with Gasteiger partial charge in [0.2, 0.25) is 6.29 Å². The molecule has 11 nitrogen and oxygen atoms in total. The van der Waals surface area contributed by atoms with E-state index >= 15 is 0 Å². The Morgan fingerprint density at radius 1 is 1.11 bits per heavy atom. The van der Waals surface area contributed by atoms with E-state index < -0.39 is 79.2 Å². The fourth-order valence-electron chi connectivity index (χ4n) is 4.37. The molecule has 3 heterocycles. The molecule has 3 fully saturated rings. The molecule has 0 bridgehead atoms. The molecule has 0 radical (unpaired) electrons. The Hall–Kier alpha value is -1.31. The summed E-state index contributed by atoms with van der Waals surface area (Å²) in [5.74, 6) is -1.48. The van der Waals surface area contributed by atoms with Gasteiger partial charge in [0.1, 0.15) is 42.7 Å². The zero-order chi connectivity index (χ0) is 20.2. The highest BCUT2D eigenvalue weighted by molar-refractivity contribution is 5.66. The number of aliphatic hydroxyl groups is 5. The van der Waals surface area contributed by atoms with Gasteiger partial charge in [-0.1, -0.05) is 0 Å². The summed E-state index contributed by atoms with van der Waals surface area (Å²) in [6.07, 6.45) is -6.72. The molecule has 1 saturated carbocycles. The maximum atomic E-state index is 11.2. The van der Waals surface area contributed by atoms with E-state index in [0.29, 0.717) is 0 Å². The first-order valence-corrected chi connectivity index (χ1v) is 9.07. The van der Waals surface area contributed by atoms with Crippen LogP contribution < -0.4 is 0 Å². The van der Waals surface area contributed by atoms with Crippen LogP contribution in [0.2, 0.25) is 0 Å². The molecule has 4 aliphatic rings.